The van der Waals surface area contributed by atoms with Gasteiger partial charge in [0, 0.05) is 6.42 Å². The maximum Gasteiger partial charge on any atom is 0.320 e. The second-order valence-corrected chi connectivity index (χ2v) is 8.75. The van der Waals surface area contributed by atoms with Crippen molar-refractivity contribution < 1.29 is 27.5 Å². The maximum atomic E-state index is 13.1. The molecule has 0 bridgehead atoms. The lowest BCUT2D eigenvalue weighted by molar-refractivity contribution is -0.143. The van der Waals surface area contributed by atoms with Gasteiger partial charge in [0.25, 0.3) is 0 Å². The second-order valence-electron chi connectivity index (χ2n) is 7.33. The summed E-state index contributed by atoms with van der Waals surface area (Å²) in [6.07, 6.45) is -2.72. The van der Waals surface area contributed by atoms with E-state index in [0.717, 1.165) is 24.6 Å². The summed E-state index contributed by atoms with van der Waals surface area (Å²) in [5.74, 6) is -4.71. The number of carbonyl (C=O) groups is 1. The van der Waals surface area contributed by atoms with E-state index >= 15 is 0 Å². The first kappa shape index (κ1) is 24.5. The molecule has 0 aliphatic rings. The van der Waals surface area contributed by atoms with Gasteiger partial charge in [0.15, 0.2) is 0 Å². The minimum Gasteiger partial charge on any atom is -0.480 e. The number of thioether (sulfide) groups is 1. The van der Waals surface area contributed by atoms with E-state index in [1.807, 2.05) is 34.6 Å². The van der Waals surface area contributed by atoms with Gasteiger partial charge in [0.2, 0.25) is 0 Å². The molecule has 0 rings (SSSR count). The molecule has 1 unspecified atom stereocenters. The third-order valence-corrected chi connectivity index (χ3v) is 6.23. The summed E-state index contributed by atoms with van der Waals surface area (Å²) in [6.45, 7) is 9.86. The van der Waals surface area contributed by atoms with Crippen LogP contribution in [-0.2, 0) is 4.79 Å². The van der Waals surface area contributed by atoms with Crippen LogP contribution in [0.5, 0.6) is 0 Å². The number of hydrogen-bond acceptors (Lipinski definition) is 2. The van der Waals surface area contributed by atoms with Crippen molar-refractivity contribution in [3.05, 3.63) is 0 Å². The van der Waals surface area contributed by atoms with E-state index in [4.69, 9.17) is 0 Å². The summed E-state index contributed by atoms with van der Waals surface area (Å²) in [4.78, 5) is 12.2. The molecule has 2 nitrogen and oxygen atoms in total. The molecule has 1 N–H and O–H groups in total. The smallest absolute Gasteiger partial charge is 0.320 e. The van der Waals surface area contributed by atoms with Crippen molar-refractivity contribution in [1.82, 2.24) is 0 Å². The van der Waals surface area contributed by atoms with Crippen molar-refractivity contribution in [2.75, 3.05) is 5.75 Å². The van der Waals surface area contributed by atoms with Gasteiger partial charge >= 0.3 is 18.3 Å². The van der Waals surface area contributed by atoms with Gasteiger partial charge in [0.05, 0.1) is 0 Å². The van der Waals surface area contributed by atoms with Gasteiger partial charge in [-0.15, -0.1) is 11.8 Å². The SMILES string of the molecule is CCCCC(SCCCC(F)(F)C(F)F)(C(=O)O)C(C(C)C)C(C)C. The molecule has 0 radical (unpaired) electrons. The highest BCUT2D eigenvalue weighted by Gasteiger charge is 2.48. The van der Waals surface area contributed by atoms with Gasteiger partial charge in [-0.05, 0) is 36.3 Å². The van der Waals surface area contributed by atoms with Gasteiger partial charge < -0.3 is 5.11 Å². The molecule has 0 saturated carbocycles. The summed E-state index contributed by atoms with van der Waals surface area (Å²) >= 11 is 1.16. The number of aliphatic carboxylic acids is 1. The van der Waals surface area contributed by atoms with E-state index in [2.05, 4.69) is 0 Å². The Morgan fingerprint density at radius 3 is 1.92 bits per heavy atom. The lowest BCUT2D eigenvalue weighted by Crippen LogP contribution is -2.48. The van der Waals surface area contributed by atoms with E-state index in [0.29, 0.717) is 6.42 Å². The fourth-order valence-corrected chi connectivity index (χ4v) is 5.41. The number of hydrogen-bond donors (Lipinski definition) is 1. The first-order valence-corrected chi connectivity index (χ1v) is 9.94. The summed E-state index contributed by atoms with van der Waals surface area (Å²) < 4.78 is 49.6. The molecule has 1 atom stereocenters. The van der Waals surface area contributed by atoms with E-state index in [-0.39, 0.29) is 29.9 Å². The average molecular weight is 389 g/mol. The van der Waals surface area contributed by atoms with Gasteiger partial charge in [-0.1, -0.05) is 47.5 Å². The average Bonchev–Trinajstić information content (AvgIpc) is 2.47. The molecule has 0 aromatic heterocycles. The zero-order valence-electron chi connectivity index (χ0n) is 15.8. The van der Waals surface area contributed by atoms with E-state index in [1.54, 1.807) is 0 Å². The quantitative estimate of drug-likeness (QED) is 0.295. The molecule has 0 amide bonds. The summed E-state index contributed by atoms with van der Waals surface area (Å²) in [6, 6.07) is 0. The van der Waals surface area contributed by atoms with Crippen LogP contribution in [-0.4, -0.2) is 33.9 Å². The number of halogens is 4. The highest BCUT2D eigenvalue weighted by molar-refractivity contribution is 8.01. The van der Waals surface area contributed by atoms with Gasteiger partial charge in [-0.3, -0.25) is 4.79 Å². The molecule has 0 heterocycles. The van der Waals surface area contributed by atoms with Gasteiger partial charge in [-0.2, -0.15) is 0 Å². The van der Waals surface area contributed by atoms with Crippen LogP contribution < -0.4 is 0 Å². The Hall–Kier alpha value is -0.460. The van der Waals surface area contributed by atoms with Crippen LogP contribution in [0.25, 0.3) is 0 Å². The number of unbranched alkanes of at least 4 members (excludes halogenated alkanes) is 1. The first-order chi connectivity index (χ1) is 11.4. The molecule has 0 aromatic rings. The number of carboxylic acids is 1. The largest absolute Gasteiger partial charge is 0.480 e. The number of rotatable bonds is 13. The minimum absolute atomic E-state index is 0.114. The molecule has 150 valence electrons. The van der Waals surface area contributed by atoms with Crippen LogP contribution in [0.15, 0.2) is 0 Å². The van der Waals surface area contributed by atoms with Crippen molar-refractivity contribution >= 4 is 17.7 Å². The van der Waals surface area contributed by atoms with Crippen LogP contribution >= 0.6 is 11.8 Å². The molecule has 0 spiro atoms. The molecule has 0 aliphatic carbocycles. The number of carboxylic acid groups (broad SMARTS) is 1. The second kappa shape index (κ2) is 10.6. The van der Waals surface area contributed by atoms with Gasteiger partial charge in [0.1, 0.15) is 4.75 Å². The standard InChI is InChI=1S/C18H32F4O2S/c1-6-7-9-17(16(23)24,14(12(2)3)13(4)5)25-11-8-10-18(21,22)15(19)20/h12-15H,6-11H2,1-5H3,(H,23,24). The topological polar surface area (TPSA) is 37.3 Å². The van der Waals surface area contributed by atoms with Gasteiger partial charge in [-0.25, -0.2) is 17.6 Å². The summed E-state index contributed by atoms with van der Waals surface area (Å²) in [7, 11) is 0. The Balaban J connectivity index is 5.28. The molecular weight excluding hydrogens is 356 g/mol. The maximum absolute atomic E-state index is 13.1. The van der Waals surface area contributed by atoms with Crippen LogP contribution in [0, 0.1) is 17.8 Å². The molecular formula is C18H32F4O2S. The predicted molar refractivity (Wildman–Crippen MR) is 95.7 cm³/mol. The Morgan fingerprint density at radius 2 is 1.56 bits per heavy atom. The summed E-state index contributed by atoms with van der Waals surface area (Å²) in [5.41, 5.74) is 0. The van der Waals surface area contributed by atoms with Crippen molar-refractivity contribution in [3.63, 3.8) is 0 Å². The van der Waals surface area contributed by atoms with E-state index in [9.17, 15) is 27.5 Å². The van der Waals surface area contributed by atoms with Crippen LogP contribution in [0.4, 0.5) is 17.6 Å². The molecule has 0 saturated heterocycles. The molecule has 7 heteroatoms. The van der Waals surface area contributed by atoms with Crippen molar-refractivity contribution in [3.8, 4) is 0 Å². The highest BCUT2D eigenvalue weighted by Crippen LogP contribution is 2.46. The monoisotopic (exact) mass is 388 g/mol. The third kappa shape index (κ3) is 6.99. The van der Waals surface area contributed by atoms with Crippen LogP contribution in [0.3, 0.4) is 0 Å². The summed E-state index contributed by atoms with van der Waals surface area (Å²) in [5, 5.41) is 9.98. The molecule has 0 aliphatic heterocycles. The van der Waals surface area contributed by atoms with Crippen LogP contribution in [0.2, 0.25) is 0 Å². The van der Waals surface area contributed by atoms with E-state index in [1.165, 1.54) is 0 Å². The normalized spacial score (nSPS) is 15.4. The van der Waals surface area contributed by atoms with E-state index < -0.39 is 29.5 Å². The highest BCUT2D eigenvalue weighted by atomic mass is 32.2. The lowest BCUT2D eigenvalue weighted by atomic mass is 9.73. The van der Waals surface area contributed by atoms with Crippen molar-refractivity contribution in [2.24, 2.45) is 17.8 Å². The fraction of sp³-hybridized carbons (Fsp3) is 0.944. The van der Waals surface area contributed by atoms with Crippen molar-refractivity contribution in [1.29, 1.82) is 0 Å². The van der Waals surface area contributed by atoms with Crippen molar-refractivity contribution in [2.45, 2.75) is 83.8 Å². The molecule has 0 aromatic carbocycles. The number of alkyl halides is 4. The van der Waals surface area contributed by atoms with Crippen LogP contribution in [0.1, 0.15) is 66.7 Å². The Morgan fingerprint density at radius 1 is 1.04 bits per heavy atom. The fourth-order valence-electron chi connectivity index (χ4n) is 3.60. The minimum atomic E-state index is -4.01. The predicted octanol–water partition coefficient (Wildman–Crippen LogP) is 6.34. The Labute approximate surface area is 153 Å². The first-order valence-electron chi connectivity index (χ1n) is 8.95. The zero-order chi connectivity index (χ0) is 19.8. The molecule has 0 fully saturated rings. The third-order valence-electron chi connectivity index (χ3n) is 4.57. The lowest BCUT2D eigenvalue weighted by Gasteiger charge is -2.42. The molecule has 25 heavy (non-hydrogen) atoms. The Bertz CT molecular complexity index is 395. The zero-order valence-corrected chi connectivity index (χ0v) is 16.6. The Kier molecular flexibility index (Phi) is 10.4.